The molecule has 108 valence electrons. The SMILES string of the molecule is N#CC[Se]C1=C(C#N)C(c2ccc(Br)cc2)C(C#N)=C(N)N1. The van der Waals surface area contributed by atoms with Gasteiger partial charge in [0.1, 0.15) is 0 Å². The Morgan fingerprint density at radius 1 is 1.14 bits per heavy atom. The van der Waals surface area contributed by atoms with Crippen molar-refractivity contribution in [2.75, 3.05) is 0 Å². The second-order valence-electron chi connectivity index (χ2n) is 4.35. The minimum atomic E-state index is -0.486. The van der Waals surface area contributed by atoms with Crippen LogP contribution >= 0.6 is 15.9 Å². The average Bonchev–Trinajstić information content (AvgIpc) is 2.53. The van der Waals surface area contributed by atoms with Gasteiger partial charge in [-0.05, 0) is 0 Å². The van der Waals surface area contributed by atoms with Gasteiger partial charge in [0.25, 0.3) is 0 Å². The number of nitrogens with zero attached hydrogens (tertiary/aromatic N) is 3. The first-order valence-electron chi connectivity index (χ1n) is 6.18. The van der Waals surface area contributed by atoms with Crippen LogP contribution in [0.3, 0.4) is 0 Å². The fourth-order valence-electron chi connectivity index (χ4n) is 2.13. The van der Waals surface area contributed by atoms with E-state index in [1.54, 1.807) is 0 Å². The molecule has 0 saturated carbocycles. The summed E-state index contributed by atoms with van der Waals surface area (Å²) in [5.41, 5.74) is 7.56. The molecule has 1 heterocycles. The molecule has 0 bridgehead atoms. The number of nitrogens with two attached hydrogens (primary N) is 1. The topological polar surface area (TPSA) is 109 Å². The minimum absolute atomic E-state index is 0.209. The first-order chi connectivity index (χ1) is 10.6. The number of dihydropyridines is 1. The molecule has 1 atom stereocenters. The average molecular weight is 419 g/mol. The van der Waals surface area contributed by atoms with Gasteiger partial charge in [0.15, 0.2) is 0 Å². The number of nitriles is 3. The molecule has 0 amide bonds. The van der Waals surface area contributed by atoms with Crippen molar-refractivity contribution in [3.8, 4) is 18.2 Å². The summed E-state index contributed by atoms with van der Waals surface area (Å²) in [5, 5.41) is 31.0. The molecule has 0 aliphatic carbocycles. The van der Waals surface area contributed by atoms with Crippen LogP contribution in [0.25, 0.3) is 0 Å². The summed E-state index contributed by atoms with van der Waals surface area (Å²) in [7, 11) is 0. The molecular weight excluding hydrogens is 409 g/mol. The van der Waals surface area contributed by atoms with Crippen molar-refractivity contribution in [3.63, 3.8) is 0 Å². The molecule has 2 rings (SSSR count). The van der Waals surface area contributed by atoms with E-state index in [0.717, 1.165) is 10.0 Å². The molecule has 1 aliphatic heterocycles. The fraction of sp³-hybridized carbons (Fsp3) is 0.133. The van der Waals surface area contributed by atoms with Gasteiger partial charge in [-0.2, -0.15) is 0 Å². The third-order valence-electron chi connectivity index (χ3n) is 3.09. The van der Waals surface area contributed by atoms with E-state index in [2.05, 4.69) is 39.5 Å². The van der Waals surface area contributed by atoms with Gasteiger partial charge in [-0.1, -0.05) is 0 Å². The molecule has 1 aliphatic rings. The number of nitrogens with one attached hydrogen (secondary N) is 1. The summed E-state index contributed by atoms with van der Waals surface area (Å²) in [6, 6.07) is 13.8. The normalized spacial score (nSPS) is 17.3. The van der Waals surface area contributed by atoms with Crippen molar-refractivity contribution >= 4 is 30.9 Å². The van der Waals surface area contributed by atoms with Gasteiger partial charge in [0.05, 0.1) is 0 Å². The Balaban J connectivity index is 2.57. The van der Waals surface area contributed by atoms with Crippen molar-refractivity contribution in [1.82, 2.24) is 5.32 Å². The summed E-state index contributed by atoms with van der Waals surface area (Å²) < 4.78 is 1.58. The number of halogens is 1. The predicted octanol–water partition coefficient (Wildman–Crippen LogP) is 2.21. The van der Waals surface area contributed by atoms with Gasteiger partial charge in [-0.3, -0.25) is 0 Å². The molecule has 22 heavy (non-hydrogen) atoms. The first kappa shape index (κ1) is 16.1. The van der Waals surface area contributed by atoms with E-state index in [9.17, 15) is 10.5 Å². The molecule has 0 fully saturated rings. The van der Waals surface area contributed by atoms with Crippen molar-refractivity contribution in [3.05, 3.63) is 55.9 Å². The van der Waals surface area contributed by atoms with Crippen molar-refractivity contribution in [2.45, 2.75) is 11.2 Å². The maximum atomic E-state index is 9.54. The van der Waals surface area contributed by atoms with E-state index < -0.39 is 5.92 Å². The predicted molar refractivity (Wildman–Crippen MR) is 85.7 cm³/mol. The van der Waals surface area contributed by atoms with Gasteiger partial charge in [0, 0.05) is 0 Å². The summed E-state index contributed by atoms with van der Waals surface area (Å²) in [6.07, 6.45) is 0. The molecule has 0 saturated heterocycles. The Morgan fingerprint density at radius 3 is 2.32 bits per heavy atom. The standard InChI is InChI=1S/C15H10BrN5Se/c16-10-3-1-9(2-4-10)13-11(7-18)14(20)21-15(12(13)8-19)22-6-5-17/h1-4,13,21H,6,20H2. The van der Waals surface area contributed by atoms with Crippen LogP contribution in [0.1, 0.15) is 11.5 Å². The van der Waals surface area contributed by atoms with Crippen LogP contribution in [0.5, 0.6) is 0 Å². The van der Waals surface area contributed by atoms with Crippen LogP contribution in [0.4, 0.5) is 0 Å². The molecule has 0 aromatic heterocycles. The number of rotatable bonds is 3. The van der Waals surface area contributed by atoms with E-state index in [4.69, 9.17) is 11.0 Å². The van der Waals surface area contributed by atoms with Crippen LogP contribution in [0.2, 0.25) is 5.32 Å². The summed E-state index contributed by atoms with van der Waals surface area (Å²) in [4.78, 5) is 0. The second kappa shape index (κ2) is 7.16. The summed E-state index contributed by atoms with van der Waals surface area (Å²) in [6.45, 7) is 0. The summed E-state index contributed by atoms with van der Waals surface area (Å²) in [5.74, 6) is -0.232. The quantitative estimate of drug-likeness (QED) is 0.731. The Labute approximate surface area is 143 Å². The van der Waals surface area contributed by atoms with Crippen LogP contribution in [0, 0.1) is 34.0 Å². The van der Waals surface area contributed by atoms with E-state index in [1.807, 2.05) is 24.3 Å². The number of allylic oxidation sites excluding steroid dienone is 2. The third-order valence-corrected chi connectivity index (χ3v) is 5.47. The summed E-state index contributed by atoms with van der Waals surface area (Å²) >= 11 is 3.16. The molecule has 0 spiro atoms. The van der Waals surface area contributed by atoms with Crippen molar-refractivity contribution < 1.29 is 0 Å². The number of benzene rings is 1. The maximum absolute atomic E-state index is 9.54. The monoisotopic (exact) mass is 419 g/mol. The molecule has 1 aromatic rings. The van der Waals surface area contributed by atoms with Crippen molar-refractivity contribution in [2.24, 2.45) is 5.73 Å². The zero-order chi connectivity index (χ0) is 16.1. The van der Waals surface area contributed by atoms with Gasteiger partial charge >= 0.3 is 143 Å². The molecule has 1 aromatic carbocycles. The second-order valence-corrected chi connectivity index (χ2v) is 7.33. The molecule has 5 nitrogen and oxygen atoms in total. The molecule has 0 radical (unpaired) electrons. The molecule has 1 unspecified atom stereocenters. The van der Waals surface area contributed by atoms with Gasteiger partial charge < -0.3 is 0 Å². The van der Waals surface area contributed by atoms with Crippen molar-refractivity contribution in [1.29, 1.82) is 15.8 Å². The molecule has 3 N–H and O–H groups in total. The van der Waals surface area contributed by atoms with Crippen LogP contribution in [-0.4, -0.2) is 15.0 Å². The third kappa shape index (κ3) is 3.16. The van der Waals surface area contributed by atoms with Crippen LogP contribution < -0.4 is 11.1 Å². The van der Waals surface area contributed by atoms with E-state index in [0.29, 0.717) is 21.1 Å². The molecule has 7 heteroatoms. The van der Waals surface area contributed by atoms with E-state index >= 15 is 0 Å². The molecular formula is C15H10BrN5Se. The Hall–Kier alpha value is -2.23. The number of hydrogen-bond acceptors (Lipinski definition) is 5. The Morgan fingerprint density at radius 2 is 1.77 bits per heavy atom. The first-order valence-corrected chi connectivity index (χ1v) is 9.04. The zero-order valence-corrected chi connectivity index (χ0v) is 14.6. The zero-order valence-electron chi connectivity index (χ0n) is 11.3. The van der Waals surface area contributed by atoms with Crippen LogP contribution in [0.15, 0.2) is 50.3 Å². The Kier molecular flexibility index (Phi) is 5.25. The van der Waals surface area contributed by atoms with Gasteiger partial charge in [0.2, 0.25) is 0 Å². The van der Waals surface area contributed by atoms with E-state index in [1.165, 1.54) is 0 Å². The van der Waals surface area contributed by atoms with Gasteiger partial charge in [-0.25, -0.2) is 0 Å². The van der Waals surface area contributed by atoms with Crippen LogP contribution in [-0.2, 0) is 0 Å². The number of hydrogen-bond donors (Lipinski definition) is 2. The fourth-order valence-corrected chi connectivity index (χ4v) is 3.89. The van der Waals surface area contributed by atoms with E-state index in [-0.39, 0.29) is 20.8 Å². The van der Waals surface area contributed by atoms with Gasteiger partial charge in [-0.15, -0.1) is 0 Å². The Bertz CT molecular complexity index is 774.